The molecule has 1 aliphatic rings. The molecule has 0 aromatic carbocycles. The Balaban J connectivity index is 2.14. The zero-order valence-corrected chi connectivity index (χ0v) is 11.7. The number of nitrogens with two attached hydrogens (primary N) is 1. The first-order chi connectivity index (χ1) is 8.15. The van der Waals surface area contributed by atoms with Crippen molar-refractivity contribution in [2.45, 2.75) is 25.4 Å². The smallest absolute Gasteiger partial charge is 0.0705 e. The Kier molecular flexibility index (Phi) is 7.04. The van der Waals surface area contributed by atoms with Crippen molar-refractivity contribution in [2.24, 2.45) is 11.7 Å². The van der Waals surface area contributed by atoms with Crippen LogP contribution in [-0.4, -0.2) is 69.8 Å². The highest BCUT2D eigenvalue weighted by Crippen LogP contribution is 2.18. The van der Waals surface area contributed by atoms with Crippen LogP contribution in [0.15, 0.2) is 0 Å². The average Bonchev–Trinajstić information content (AvgIpc) is 2.32. The number of rotatable bonds is 7. The first-order valence-electron chi connectivity index (χ1n) is 6.75. The molecule has 1 aliphatic heterocycles. The molecule has 0 bridgehead atoms. The number of piperidine rings is 1. The molecule has 1 saturated heterocycles. The lowest BCUT2D eigenvalue weighted by Crippen LogP contribution is -2.39. The number of ether oxygens (including phenoxy) is 1. The van der Waals surface area contributed by atoms with Crippen molar-refractivity contribution in [1.29, 1.82) is 0 Å². The van der Waals surface area contributed by atoms with Crippen LogP contribution in [0.25, 0.3) is 0 Å². The monoisotopic (exact) mass is 243 g/mol. The Labute approximate surface area is 106 Å². The summed E-state index contributed by atoms with van der Waals surface area (Å²) < 4.78 is 5.31. The Bertz CT molecular complexity index is 187. The molecule has 0 aliphatic carbocycles. The van der Waals surface area contributed by atoms with Crippen LogP contribution in [0.3, 0.4) is 0 Å². The standard InChI is InChI=1S/C13H29N3O/c1-15(2)11-12-4-7-16(8-5-12)9-6-13(10-14)17-3/h12-13H,4-11,14H2,1-3H3. The Morgan fingerprint density at radius 2 is 2.00 bits per heavy atom. The molecule has 102 valence electrons. The van der Waals surface area contributed by atoms with Crippen molar-refractivity contribution >= 4 is 0 Å². The van der Waals surface area contributed by atoms with Crippen molar-refractivity contribution in [2.75, 3.05) is 53.9 Å². The van der Waals surface area contributed by atoms with E-state index in [1.807, 2.05) is 0 Å². The molecule has 17 heavy (non-hydrogen) atoms. The number of likely N-dealkylation sites (tertiary alicyclic amines) is 1. The number of methoxy groups -OCH3 is 1. The first kappa shape index (κ1) is 14.9. The van der Waals surface area contributed by atoms with E-state index in [9.17, 15) is 0 Å². The van der Waals surface area contributed by atoms with Gasteiger partial charge in [0.2, 0.25) is 0 Å². The molecule has 1 atom stereocenters. The lowest BCUT2D eigenvalue weighted by Gasteiger charge is -2.33. The van der Waals surface area contributed by atoms with Gasteiger partial charge in [-0.15, -0.1) is 0 Å². The summed E-state index contributed by atoms with van der Waals surface area (Å²) in [4.78, 5) is 4.85. The first-order valence-corrected chi connectivity index (χ1v) is 6.75. The van der Waals surface area contributed by atoms with Gasteiger partial charge in [0.05, 0.1) is 6.10 Å². The van der Waals surface area contributed by atoms with Gasteiger partial charge in [-0.25, -0.2) is 0 Å². The van der Waals surface area contributed by atoms with Gasteiger partial charge in [-0.1, -0.05) is 0 Å². The minimum atomic E-state index is 0.231. The molecule has 2 N–H and O–H groups in total. The van der Waals surface area contributed by atoms with E-state index in [-0.39, 0.29) is 6.10 Å². The summed E-state index contributed by atoms with van der Waals surface area (Å²) in [5.74, 6) is 0.883. The van der Waals surface area contributed by atoms with E-state index in [4.69, 9.17) is 10.5 Å². The second-order valence-electron chi connectivity index (χ2n) is 5.43. The van der Waals surface area contributed by atoms with Crippen LogP contribution in [0.1, 0.15) is 19.3 Å². The molecule has 4 heteroatoms. The van der Waals surface area contributed by atoms with Gasteiger partial charge in [0.25, 0.3) is 0 Å². The molecule has 1 rings (SSSR count). The molecule has 1 unspecified atom stereocenters. The van der Waals surface area contributed by atoms with Crippen LogP contribution in [0, 0.1) is 5.92 Å². The minimum Gasteiger partial charge on any atom is -0.380 e. The lowest BCUT2D eigenvalue weighted by atomic mass is 9.96. The lowest BCUT2D eigenvalue weighted by molar-refractivity contribution is 0.0807. The van der Waals surface area contributed by atoms with E-state index in [2.05, 4.69) is 23.9 Å². The summed E-state index contributed by atoms with van der Waals surface area (Å²) >= 11 is 0. The van der Waals surface area contributed by atoms with Crippen molar-refractivity contribution in [3.05, 3.63) is 0 Å². The predicted octanol–water partition coefficient (Wildman–Crippen LogP) is 0.624. The number of hydrogen-bond donors (Lipinski definition) is 1. The van der Waals surface area contributed by atoms with E-state index in [0.29, 0.717) is 6.54 Å². The van der Waals surface area contributed by atoms with E-state index in [1.54, 1.807) is 7.11 Å². The molecule has 0 saturated carbocycles. The molecule has 0 aromatic rings. The van der Waals surface area contributed by atoms with Crippen molar-refractivity contribution < 1.29 is 4.74 Å². The third-order valence-corrected chi connectivity index (χ3v) is 3.69. The predicted molar refractivity (Wildman–Crippen MR) is 72.2 cm³/mol. The molecule has 1 heterocycles. The highest BCUT2D eigenvalue weighted by Gasteiger charge is 2.19. The molecular formula is C13H29N3O. The highest BCUT2D eigenvalue weighted by atomic mass is 16.5. The second-order valence-corrected chi connectivity index (χ2v) is 5.43. The van der Waals surface area contributed by atoms with Gasteiger partial charge in [-0.3, -0.25) is 0 Å². The number of hydrogen-bond acceptors (Lipinski definition) is 4. The van der Waals surface area contributed by atoms with Crippen molar-refractivity contribution in [3.63, 3.8) is 0 Å². The Morgan fingerprint density at radius 1 is 1.35 bits per heavy atom. The van der Waals surface area contributed by atoms with E-state index < -0.39 is 0 Å². The fourth-order valence-electron chi connectivity index (χ4n) is 2.57. The summed E-state index contributed by atoms with van der Waals surface area (Å²) in [5.41, 5.74) is 5.63. The fraction of sp³-hybridized carbons (Fsp3) is 1.00. The van der Waals surface area contributed by atoms with Crippen LogP contribution in [0.2, 0.25) is 0 Å². The van der Waals surface area contributed by atoms with Gasteiger partial charge in [-0.05, 0) is 52.4 Å². The maximum atomic E-state index is 5.63. The molecule has 0 amide bonds. The second kappa shape index (κ2) is 8.03. The zero-order chi connectivity index (χ0) is 12.7. The summed E-state index contributed by atoms with van der Waals surface area (Å²) in [6.07, 6.45) is 3.96. The normalized spacial score (nSPS) is 21.0. The van der Waals surface area contributed by atoms with Crippen LogP contribution >= 0.6 is 0 Å². The zero-order valence-electron chi connectivity index (χ0n) is 11.7. The quantitative estimate of drug-likeness (QED) is 0.712. The van der Waals surface area contributed by atoms with Gasteiger partial charge < -0.3 is 20.3 Å². The summed E-state index contributed by atoms with van der Waals surface area (Å²) in [5, 5.41) is 0. The van der Waals surface area contributed by atoms with Crippen LogP contribution in [0.5, 0.6) is 0 Å². The van der Waals surface area contributed by atoms with E-state index in [1.165, 1.54) is 32.5 Å². The Morgan fingerprint density at radius 3 is 2.47 bits per heavy atom. The SMILES string of the molecule is COC(CN)CCN1CCC(CN(C)C)CC1. The average molecular weight is 243 g/mol. The molecule has 1 fully saturated rings. The third-order valence-electron chi connectivity index (χ3n) is 3.69. The summed E-state index contributed by atoms with van der Waals surface area (Å²) in [6.45, 7) is 5.47. The van der Waals surface area contributed by atoms with Gasteiger partial charge in [0.15, 0.2) is 0 Å². The van der Waals surface area contributed by atoms with Crippen molar-refractivity contribution in [1.82, 2.24) is 9.80 Å². The topological polar surface area (TPSA) is 41.7 Å². The van der Waals surface area contributed by atoms with Gasteiger partial charge in [0, 0.05) is 26.7 Å². The Hall–Kier alpha value is -0.160. The molecular weight excluding hydrogens is 214 g/mol. The van der Waals surface area contributed by atoms with E-state index in [0.717, 1.165) is 18.9 Å². The van der Waals surface area contributed by atoms with E-state index >= 15 is 0 Å². The largest absolute Gasteiger partial charge is 0.380 e. The molecule has 4 nitrogen and oxygen atoms in total. The van der Waals surface area contributed by atoms with Gasteiger partial charge in [-0.2, -0.15) is 0 Å². The third kappa shape index (κ3) is 5.82. The molecule has 0 aromatic heterocycles. The fourth-order valence-corrected chi connectivity index (χ4v) is 2.57. The van der Waals surface area contributed by atoms with Crippen molar-refractivity contribution in [3.8, 4) is 0 Å². The van der Waals surface area contributed by atoms with Crippen LogP contribution in [-0.2, 0) is 4.74 Å². The van der Waals surface area contributed by atoms with Crippen LogP contribution < -0.4 is 5.73 Å². The maximum Gasteiger partial charge on any atom is 0.0705 e. The summed E-state index contributed by atoms with van der Waals surface area (Å²) in [7, 11) is 6.08. The minimum absolute atomic E-state index is 0.231. The summed E-state index contributed by atoms with van der Waals surface area (Å²) in [6, 6.07) is 0. The van der Waals surface area contributed by atoms with Gasteiger partial charge in [0.1, 0.15) is 0 Å². The highest BCUT2D eigenvalue weighted by molar-refractivity contribution is 4.74. The molecule has 0 spiro atoms. The van der Waals surface area contributed by atoms with Crippen LogP contribution in [0.4, 0.5) is 0 Å². The van der Waals surface area contributed by atoms with Gasteiger partial charge >= 0.3 is 0 Å². The number of nitrogens with zero attached hydrogens (tertiary/aromatic N) is 2. The molecule has 0 radical (unpaired) electrons. The maximum absolute atomic E-state index is 5.63.